The number of amides is 1. The van der Waals surface area contributed by atoms with Crippen LogP contribution in [0.25, 0.3) is 0 Å². The summed E-state index contributed by atoms with van der Waals surface area (Å²) in [6.07, 6.45) is 5.73. The van der Waals surface area contributed by atoms with Gasteiger partial charge in [-0.1, -0.05) is 18.2 Å². The molecule has 0 aromatic carbocycles. The molecule has 3 heteroatoms. The molecule has 0 fully saturated rings. The first-order valence-electron chi connectivity index (χ1n) is 3.93. The lowest BCUT2D eigenvalue weighted by Gasteiger charge is -2.28. The maximum Gasteiger partial charge on any atom is 0.232 e. The Kier molecular flexibility index (Phi) is 2.65. The van der Waals surface area contributed by atoms with Gasteiger partial charge in [0.1, 0.15) is 0 Å². The number of allylic oxidation sites excluding steroid dienone is 1. The van der Waals surface area contributed by atoms with Crippen LogP contribution in [0.15, 0.2) is 24.8 Å². The number of aliphatic hydroxyl groups excluding tert-OH is 1. The minimum atomic E-state index is -0.764. The molecule has 1 amide bonds. The van der Waals surface area contributed by atoms with Gasteiger partial charge in [-0.2, -0.15) is 0 Å². The van der Waals surface area contributed by atoms with Crippen molar-refractivity contribution in [3.05, 3.63) is 24.8 Å². The Balaban J connectivity index is 2.87. The van der Waals surface area contributed by atoms with E-state index in [2.05, 4.69) is 11.9 Å². The molecule has 0 saturated carbocycles. The molecule has 0 saturated heterocycles. The van der Waals surface area contributed by atoms with Crippen LogP contribution in [0, 0.1) is 5.41 Å². The van der Waals surface area contributed by atoms with Gasteiger partial charge in [0.15, 0.2) is 0 Å². The summed E-state index contributed by atoms with van der Waals surface area (Å²) in [7, 11) is 0. The predicted octanol–water partition coefficient (Wildman–Crippen LogP) is 0.227. The zero-order valence-corrected chi connectivity index (χ0v) is 6.92. The van der Waals surface area contributed by atoms with Crippen molar-refractivity contribution in [2.24, 2.45) is 5.41 Å². The first-order chi connectivity index (χ1) is 5.75. The lowest BCUT2D eigenvalue weighted by molar-refractivity contribution is -0.130. The van der Waals surface area contributed by atoms with E-state index in [9.17, 15) is 4.79 Å². The molecule has 12 heavy (non-hydrogen) atoms. The van der Waals surface area contributed by atoms with Gasteiger partial charge in [-0.25, -0.2) is 0 Å². The molecule has 0 radical (unpaired) electrons. The summed E-state index contributed by atoms with van der Waals surface area (Å²) in [5.41, 5.74) is -0.764. The van der Waals surface area contributed by atoms with Crippen molar-refractivity contribution in [3.63, 3.8) is 0 Å². The fourth-order valence-corrected chi connectivity index (χ4v) is 1.30. The first kappa shape index (κ1) is 9.00. The second kappa shape index (κ2) is 3.54. The van der Waals surface area contributed by atoms with E-state index in [1.54, 1.807) is 12.2 Å². The number of aliphatic hydroxyl groups is 1. The molecular weight excluding hydrogens is 154 g/mol. The van der Waals surface area contributed by atoms with Crippen molar-refractivity contribution in [1.29, 1.82) is 0 Å². The monoisotopic (exact) mass is 167 g/mol. The Morgan fingerprint density at radius 2 is 2.58 bits per heavy atom. The molecule has 1 heterocycles. The van der Waals surface area contributed by atoms with Crippen LogP contribution in [0.5, 0.6) is 0 Å². The zero-order chi connectivity index (χ0) is 9.03. The molecule has 1 aliphatic rings. The third-order valence-corrected chi connectivity index (χ3v) is 2.06. The molecule has 2 N–H and O–H groups in total. The fraction of sp³-hybridized carbons (Fsp3) is 0.444. The number of carbonyl (C=O) groups excluding carboxylic acids is 1. The topological polar surface area (TPSA) is 49.3 Å². The summed E-state index contributed by atoms with van der Waals surface area (Å²) in [5.74, 6) is -0.118. The van der Waals surface area contributed by atoms with E-state index in [4.69, 9.17) is 5.11 Å². The first-order valence-corrected chi connectivity index (χ1v) is 3.93. The second-order valence-electron chi connectivity index (χ2n) is 2.92. The highest BCUT2D eigenvalue weighted by molar-refractivity contribution is 5.86. The lowest BCUT2D eigenvalue weighted by Crippen LogP contribution is -2.44. The van der Waals surface area contributed by atoms with E-state index in [0.717, 1.165) is 0 Å². The highest BCUT2D eigenvalue weighted by Gasteiger charge is 2.35. The third kappa shape index (κ3) is 1.41. The van der Waals surface area contributed by atoms with Crippen molar-refractivity contribution < 1.29 is 9.90 Å². The number of rotatable bonds is 3. The quantitative estimate of drug-likeness (QED) is 0.591. The lowest BCUT2D eigenvalue weighted by atomic mass is 9.82. The van der Waals surface area contributed by atoms with Gasteiger partial charge in [0.25, 0.3) is 0 Å². The minimum absolute atomic E-state index is 0.118. The Morgan fingerprint density at radius 1 is 1.83 bits per heavy atom. The van der Waals surface area contributed by atoms with Crippen LogP contribution in [-0.4, -0.2) is 24.2 Å². The number of hydrogen-bond acceptors (Lipinski definition) is 2. The highest BCUT2D eigenvalue weighted by atomic mass is 16.3. The molecule has 66 valence electrons. The summed E-state index contributed by atoms with van der Waals surface area (Å²) in [5, 5.41) is 11.8. The van der Waals surface area contributed by atoms with Gasteiger partial charge >= 0.3 is 0 Å². The molecule has 0 aromatic heterocycles. The fourth-order valence-electron chi connectivity index (χ4n) is 1.30. The van der Waals surface area contributed by atoms with Gasteiger partial charge in [-0.15, -0.1) is 6.58 Å². The van der Waals surface area contributed by atoms with Gasteiger partial charge in [0.2, 0.25) is 5.91 Å². The predicted molar refractivity (Wildman–Crippen MR) is 46.5 cm³/mol. The van der Waals surface area contributed by atoms with E-state index in [1.165, 1.54) is 0 Å². The normalized spacial score (nSPS) is 28.2. The SMILES string of the molecule is C=CC[C@]1(CO)C=CCNC1=O. The molecule has 1 aliphatic heterocycles. The molecule has 1 rings (SSSR count). The van der Waals surface area contributed by atoms with E-state index >= 15 is 0 Å². The molecule has 0 spiro atoms. The van der Waals surface area contributed by atoms with Gasteiger partial charge in [-0.3, -0.25) is 4.79 Å². The van der Waals surface area contributed by atoms with Crippen molar-refractivity contribution >= 4 is 5.91 Å². The van der Waals surface area contributed by atoms with Crippen LogP contribution in [0.1, 0.15) is 6.42 Å². The Hall–Kier alpha value is -1.09. The summed E-state index contributed by atoms with van der Waals surface area (Å²) in [6, 6.07) is 0. The Morgan fingerprint density at radius 3 is 3.08 bits per heavy atom. The van der Waals surface area contributed by atoms with Crippen molar-refractivity contribution in [1.82, 2.24) is 5.32 Å². The van der Waals surface area contributed by atoms with Gasteiger partial charge in [-0.05, 0) is 6.42 Å². The van der Waals surface area contributed by atoms with E-state index in [-0.39, 0.29) is 12.5 Å². The molecule has 0 bridgehead atoms. The van der Waals surface area contributed by atoms with Crippen molar-refractivity contribution in [3.8, 4) is 0 Å². The van der Waals surface area contributed by atoms with Crippen LogP contribution in [0.4, 0.5) is 0 Å². The molecule has 3 nitrogen and oxygen atoms in total. The minimum Gasteiger partial charge on any atom is -0.395 e. The number of nitrogens with one attached hydrogen (secondary N) is 1. The average molecular weight is 167 g/mol. The maximum atomic E-state index is 11.4. The van der Waals surface area contributed by atoms with Crippen LogP contribution in [0.3, 0.4) is 0 Å². The molecule has 0 aromatic rings. The van der Waals surface area contributed by atoms with Gasteiger partial charge < -0.3 is 10.4 Å². The van der Waals surface area contributed by atoms with Crippen LogP contribution in [0.2, 0.25) is 0 Å². The largest absolute Gasteiger partial charge is 0.395 e. The standard InChI is InChI=1S/C9H13NO2/c1-2-4-9(7-11)5-3-6-10-8(9)12/h2-3,5,11H,1,4,6-7H2,(H,10,12)/t9-/m1/s1. The molecule has 1 atom stereocenters. The van der Waals surface area contributed by atoms with Crippen molar-refractivity contribution in [2.75, 3.05) is 13.2 Å². The smallest absolute Gasteiger partial charge is 0.232 e. The van der Waals surface area contributed by atoms with E-state index in [1.807, 2.05) is 6.08 Å². The average Bonchev–Trinajstić information content (AvgIpc) is 2.10. The summed E-state index contributed by atoms with van der Waals surface area (Å²) in [6.45, 7) is 3.95. The highest BCUT2D eigenvalue weighted by Crippen LogP contribution is 2.25. The molecule has 0 aliphatic carbocycles. The van der Waals surface area contributed by atoms with Crippen LogP contribution < -0.4 is 5.32 Å². The van der Waals surface area contributed by atoms with E-state index in [0.29, 0.717) is 13.0 Å². The van der Waals surface area contributed by atoms with Crippen LogP contribution >= 0.6 is 0 Å². The van der Waals surface area contributed by atoms with Gasteiger partial charge in [0.05, 0.1) is 12.0 Å². The number of carbonyl (C=O) groups is 1. The summed E-state index contributed by atoms with van der Waals surface area (Å²) >= 11 is 0. The Bertz CT molecular complexity index is 223. The van der Waals surface area contributed by atoms with Crippen molar-refractivity contribution in [2.45, 2.75) is 6.42 Å². The molecule has 0 unspecified atom stereocenters. The van der Waals surface area contributed by atoms with E-state index < -0.39 is 5.41 Å². The third-order valence-electron chi connectivity index (χ3n) is 2.06. The Labute approximate surface area is 71.8 Å². The summed E-state index contributed by atoms with van der Waals surface area (Å²) in [4.78, 5) is 11.4. The zero-order valence-electron chi connectivity index (χ0n) is 6.92. The van der Waals surface area contributed by atoms with Gasteiger partial charge in [0, 0.05) is 6.54 Å². The van der Waals surface area contributed by atoms with Crippen LogP contribution in [-0.2, 0) is 4.79 Å². The molecular formula is C9H13NO2. The second-order valence-corrected chi connectivity index (χ2v) is 2.92. The summed E-state index contributed by atoms with van der Waals surface area (Å²) < 4.78 is 0. The number of hydrogen-bond donors (Lipinski definition) is 2. The maximum absolute atomic E-state index is 11.4.